The molecule has 0 radical (unpaired) electrons. The van der Waals surface area contributed by atoms with E-state index in [1.165, 1.54) is 0 Å². The molecule has 0 unspecified atom stereocenters. The minimum atomic E-state index is -0.465. The summed E-state index contributed by atoms with van der Waals surface area (Å²) >= 11 is 0. The molecule has 0 atom stereocenters. The Balaban J connectivity index is 0.000000555. The van der Waals surface area contributed by atoms with Crippen LogP contribution in [0.1, 0.15) is 26.3 Å². The number of nitrogens with zero attached hydrogens (tertiary/aromatic N) is 2. The summed E-state index contributed by atoms with van der Waals surface area (Å²) < 4.78 is 16.6. The molecule has 2 aromatic heterocycles. The van der Waals surface area contributed by atoms with Crippen LogP contribution in [0.4, 0.5) is 5.69 Å². The van der Waals surface area contributed by atoms with Crippen molar-refractivity contribution < 1.29 is 18.4 Å². The normalized spacial score (nSPS) is 10.7. The van der Waals surface area contributed by atoms with E-state index in [0.29, 0.717) is 34.4 Å². The zero-order valence-corrected chi connectivity index (χ0v) is 19.4. The zero-order valence-electron chi connectivity index (χ0n) is 19.4. The van der Waals surface area contributed by atoms with Gasteiger partial charge in [0.1, 0.15) is 22.9 Å². The first-order valence-electron chi connectivity index (χ1n) is 10.7. The van der Waals surface area contributed by atoms with Crippen LogP contribution in [0.2, 0.25) is 0 Å². The lowest BCUT2D eigenvalue weighted by atomic mass is 10.1. The van der Waals surface area contributed by atoms with E-state index in [9.17, 15) is 9.59 Å². The number of rotatable bonds is 7. The monoisotopic (exact) mass is 448 g/mol. The van der Waals surface area contributed by atoms with E-state index in [0.717, 1.165) is 36.0 Å². The highest BCUT2D eigenvalue weighted by molar-refractivity contribution is 5.84. The summed E-state index contributed by atoms with van der Waals surface area (Å²) in [5, 5.41) is 0.827. The molecule has 0 N–H and O–H groups in total. The van der Waals surface area contributed by atoms with Crippen molar-refractivity contribution in [1.82, 2.24) is 4.98 Å². The van der Waals surface area contributed by atoms with Gasteiger partial charge < -0.3 is 18.5 Å². The highest BCUT2D eigenvalue weighted by Crippen LogP contribution is 2.27. The summed E-state index contributed by atoms with van der Waals surface area (Å²) in [5.41, 5.74) is 4.28. The van der Waals surface area contributed by atoms with Gasteiger partial charge in [0, 0.05) is 37.3 Å². The standard InChI is InChI=1S/C22H22N2O4.C4H6O/c1-4-24(5-2)16-8-7-15-11-17(22(25)28-19(15)12-16)21-23-18-9-6-14(13-26-3)10-20(18)27-21;1-4(2)3-5/h6-12H,4-5,13H2,1-3H3;3H,1H2,2H3. The largest absolute Gasteiger partial charge is 0.436 e. The number of allylic oxidation sites excluding steroid dienone is 1. The Labute approximate surface area is 192 Å². The van der Waals surface area contributed by atoms with Crippen LogP contribution >= 0.6 is 0 Å². The number of oxazole rings is 1. The number of anilines is 1. The third-order valence-corrected chi connectivity index (χ3v) is 5.04. The Bertz CT molecular complexity index is 1330. The second kappa shape index (κ2) is 10.7. The fourth-order valence-electron chi connectivity index (χ4n) is 3.38. The molecule has 0 aliphatic carbocycles. The Morgan fingerprint density at radius 2 is 1.82 bits per heavy atom. The number of fused-ring (bicyclic) bond motifs is 2. The number of carbonyl (C=O) groups excluding carboxylic acids is 1. The van der Waals surface area contributed by atoms with Gasteiger partial charge in [-0.15, -0.1) is 0 Å². The molecule has 4 rings (SSSR count). The summed E-state index contributed by atoms with van der Waals surface area (Å²) in [7, 11) is 1.64. The number of hydrogen-bond acceptors (Lipinski definition) is 7. The van der Waals surface area contributed by atoms with Crippen LogP contribution in [-0.2, 0) is 16.1 Å². The molecule has 2 heterocycles. The second-order valence-electron chi connectivity index (χ2n) is 7.56. The SMILES string of the molecule is C=C(C)C=O.CCN(CC)c1ccc2cc(-c3nc4ccc(COC)cc4o3)c(=O)oc2c1. The average Bonchev–Trinajstić information content (AvgIpc) is 3.23. The average molecular weight is 449 g/mol. The van der Waals surface area contributed by atoms with E-state index in [4.69, 9.17) is 13.6 Å². The lowest BCUT2D eigenvalue weighted by molar-refractivity contribution is -0.104. The summed E-state index contributed by atoms with van der Waals surface area (Å²) in [4.78, 5) is 28.7. The van der Waals surface area contributed by atoms with Gasteiger partial charge in [0.05, 0.1) is 6.61 Å². The third-order valence-electron chi connectivity index (χ3n) is 5.04. The maximum atomic E-state index is 12.6. The molecule has 0 aliphatic rings. The van der Waals surface area contributed by atoms with E-state index < -0.39 is 5.63 Å². The molecule has 33 heavy (non-hydrogen) atoms. The number of benzene rings is 2. The van der Waals surface area contributed by atoms with Gasteiger partial charge in [-0.05, 0) is 62.2 Å². The Morgan fingerprint density at radius 3 is 2.45 bits per heavy atom. The fourth-order valence-corrected chi connectivity index (χ4v) is 3.38. The second-order valence-corrected chi connectivity index (χ2v) is 7.56. The van der Waals surface area contributed by atoms with Gasteiger partial charge in [-0.3, -0.25) is 4.79 Å². The Hall–Kier alpha value is -3.71. The fraction of sp³-hybridized carbons (Fsp3) is 0.269. The predicted octanol–water partition coefficient (Wildman–Crippen LogP) is 5.36. The molecule has 0 aliphatic heterocycles. The molecule has 2 aromatic carbocycles. The first-order chi connectivity index (χ1) is 15.9. The molecule has 0 bridgehead atoms. The summed E-state index contributed by atoms with van der Waals surface area (Å²) in [6.45, 7) is 11.4. The van der Waals surface area contributed by atoms with Crippen molar-refractivity contribution in [2.75, 3.05) is 25.1 Å². The lowest BCUT2D eigenvalue weighted by Gasteiger charge is -2.20. The van der Waals surface area contributed by atoms with E-state index in [1.807, 2.05) is 36.4 Å². The van der Waals surface area contributed by atoms with Crippen LogP contribution < -0.4 is 10.5 Å². The van der Waals surface area contributed by atoms with Gasteiger partial charge in [-0.2, -0.15) is 0 Å². The topological polar surface area (TPSA) is 85.8 Å². The number of ether oxygens (including phenoxy) is 1. The maximum Gasteiger partial charge on any atom is 0.349 e. The molecular weight excluding hydrogens is 420 g/mol. The van der Waals surface area contributed by atoms with E-state index in [1.54, 1.807) is 20.1 Å². The molecule has 0 saturated heterocycles. The summed E-state index contributed by atoms with van der Waals surface area (Å²) in [6.07, 6.45) is 0.722. The minimum absolute atomic E-state index is 0.257. The van der Waals surface area contributed by atoms with Crippen molar-refractivity contribution in [3.05, 3.63) is 70.6 Å². The van der Waals surface area contributed by atoms with Crippen molar-refractivity contribution in [3.63, 3.8) is 0 Å². The molecular formula is C26H28N2O5. The van der Waals surface area contributed by atoms with Crippen molar-refractivity contribution in [1.29, 1.82) is 0 Å². The number of aromatic nitrogens is 1. The first-order valence-corrected chi connectivity index (χ1v) is 10.7. The molecule has 0 amide bonds. The summed E-state index contributed by atoms with van der Waals surface area (Å²) in [6, 6.07) is 13.3. The van der Waals surface area contributed by atoms with Gasteiger partial charge in [-0.1, -0.05) is 12.6 Å². The quantitative estimate of drug-likeness (QED) is 0.214. The van der Waals surface area contributed by atoms with Gasteiger partial charge in [0.2, 0.25) is 5.89 Å². The van der Waals surface area contributed by atoms with Crippen LogP contribution in [0.5, 0.6) is 0 Å². The highest BCUT2D eigenvalue weighted by atomic mass is 16.5. The smallest absolute Gasteiger partial charge is 0.349 e. The minimum Gasteiger partial charge on any atom is -0.436 e. The maximum absolute atomic E-state index is 12.6. The van der Waals surface area contributed by atoms with Crippen molar-refractivity contribution in [2.45, 2.75) is 27.4 Å². The van der Waals surface area contributed by atoms with Crippen LogP contribution in [0.15, 0.2) is 68.2 Å². The number of methoxy groups -OCH3 is 1. The van der Waals surface area contributed by atoms with Crippen LogP contribution in [0, 0.1) is 0 Å². The molecule has 172 valence electrons. The van der Waals surface area contributed by atoms with Crippen molar-refractivity contribution >= 4 is 34.0 Å². The van der Waals surface area contributed by atoms with Crippen LogP contribution in [-0.4, -0.2) is 31.5 Å². The van der Waals surface area contributed by atoms with Crippen molar-refractivity contribution in [2.24, 2.45) is 0 Å². The van der Waals surface area contributed by atoms with Gasteiger partial charge in [0.15, 0.2) is 5.58 Å². The Kier molecular flexibility index (Phi) is 7.79. The lowest BCUT2D eigenvalue weighted by Crippen LogP contribution is -2.21. The number of hydrogen-bond donors (Lipinski definition) is 0. The molecule has 0 saturated carbocycles. The molecule has 0 fully saturated rings. The first kappa shape index (κ1) is 23.9. The van der Waals surface area contributed by atoms with Gasteiger partial charge in [0.25, 0.3) is 0 Å². The van der Waals surface area contributed by atoms with Crippen LogP contribution in [0.3, 0.4) is 0 Å². The third kappa shape index (κ3) is 5.56. The zero-order chi connectivity index (χ0) is 24.0. The van der Waals surface area contributed by atoms with Crippen molar-refractivity contribution in [3.8, 4) is 11.5 Å². The van der Waals surface area contributed by atoms with Crippen LogP contribution in [0.25, 0.3) is 33.5 Å². The Morgan fingerprint density at radius 1 is 1.09 bits per heavy atom. The molecule has 0 spiro atoms. The van der Waals surface area contributed by atoms with E-state index >= 15 is 0 Å². The van der Waals surface area contributed by atoms with Gasteiger partial charge >= 0.3 is 5.63 Å². The number of aldehydes is 1. The predicted molar refractivity (Wildman–Crippen MR) is 131 cm³/mol. The van der Waals surface area contributed by atoms with E-state index in [-0.39, 0.29) is 5.89 Å². The molecule has 4 aromatic rings. The van der Waals surface area contributed by atoms with Gasteiger partial charge in [-0.25, -0.2) is 9.78 Å². The number of carbonyl (C=O) groups is 1. The molecule has 7 heteroatoms. The van der Waals surface area contributed by atoms with E-state index in [2.05, 4.69) is 30.3 Å². The summed E-state index contributed by atoms with van der Waals surface area (Å²) in [5.74, 6) is 0.257. The highest BCUT2D eigenvalue weighted by Gasteiger charge is 2.15. The molecule has 7 nitrogen and oxygen atoms in total.